The third-order valence-corrected chi connectivity index (χ3v) is 3.88. The van der Waals surface area contributed by atoms with E-state index in [9.17, 15) is 4.79 Å². The van der Waals surface area contributed by atoms with Crippen LogP contribution in [0.5, 0.6) is 0 Å². The molecule has 3 heteroatoms. The number of carbonyl (C=O) groups excluding carboxylic acids is 1. The fourth-order valence-corrected chi connectivity index (χ4v) is 3.37. The normalized spacial score (nSPS) is 18.0. The number of ketones is 1. The molecule has 0 atom stereocenters. The Balaban J connectivity index is 2.23. The van der Waals surface area contributed by atoms with Gasteiger partial charge in [0, 0.05) is 17.7 Å². The Bertz CT molecular complexity index is 321. The van der Waals surface area contributed by atoms with Crippen LogP contribution in [0.1, 0.15) is 29.2 Å². The number of thiophene rings is 1. The highest BCUT2D eigenvalue weighted by molar-refractivity contribution is 9.11. The summed E-state index contributed by atoms with van der Waals surface area (Å²) in [5, 5.41) is 0. The Morgan fingerprint density at radius 3 is 2.67 bits per heavy atom. The maximum absolute atomic E-state index is 10.8. The van der Waals surface area contributed by atoms with Gasteiger partial charge in [-0.2, -0.15) is 0 Å². The predicted octanol–water partition coefficient (Wildman–Crippen LogP) is 3.27. The molecular formula is C9H9BrOS. The number of hydrogen-bond donors (Lipinski definition) is 0. The van der Waals surface area contributed by atoms with Crippen molar-refractivity contribution in [3.8, 4) is 0 Å². The number of Topliss-reactive ketones (excluding diaryl/α,β-unsaturated/α-hetero) is 1. The van der Waals surface area contributed by atoms with Crippen LogP contribution in [0, 0.1) is 6.92 Å². The topological polar surface area (TPSA) is 17.1 Å². The Morgan fingerprint density at radius 1 is 1.58 bits per heavy atom. The molecule has 1 fully saturated rings. The highest BCUT2D eigenvalue weighted by atomic mass is 79.9. The zero-order chi connectivity index (χ0) is 8.72. The number of halogens is 1. The van der Waals surface area contributed by atoms with Crippen molar-refractivity contribution in [1.29, 1.82) is 0 Å². The number of aryl methyl sites for hydroxylation is 1. The number of carbonyl (C=O) groups is 1. The molecule has 0 aromatic carbocycles. The molecule has 1 aromatic heterocycles. The van der Waals surface area contributed by atoms with Crippen molar-refractivity contribution < 1.29 is 4.79 Å². The molecular weight excluding hydrogens is 236 g/mol. The van der Waals surface area contributed by atoms with Gasteiger partial charge in [-0.15, -0.1) is 11.3 Å². The molecule has 12 heavy (non-hydrogen) atoms. The molecule has 64 valence electrons. The summed E-state index contributed by atoms with van der Waals surface area (Å²) in [5.74, 6) is 0.918. The number of rotatable bonds is 1. The van der Waals surface area contributed by atoms with Crippen molar-refractivity contribution in [2.75, 3.05) is 0 Å². The predicted molar refractivity (Wildman–Crippen MR) is 53.7 cm³/mol. The smallest absolute Gasteiger partial charge is 0.134 e. The highest BCUT2D eigenvalue weighted by Crippen LogP contribution is 2.39. The Labute approximate surface area is 83.9 Å². The molecule has 1 aliphatic rings. The highest BCUT2D eigenvalue weighted by Gasteiger charge is 2.29. The molecule has 0 N–H and O–H groups in total. The average Bonchev–Trinajstić information content (AvgIpc) is 2.23. The van der Waals surface area contributed by atoms with Gasteiger partial charge >= 0.3 is 0 Å². The largest absolute Gasteiger partial charge is 0.300 e. The summed E-state index contributed by atoms with van der Waals surface area (Å²) >= 11 is 5.21. The van der Waals surface area contributed by atoms with Gasteiger partial charge < -0.3 is 0 Å². The second-order valence-corrected chi connectivity index (χ2v) is 5.84. The van der Waals surface area contributed by atoms with E-state index >= 15 is 0 Å². The van der Waals surface area contributed by atoms with Crippen LogP contribution in [0.3, 0.4) is 0 Å². The van der Waals surface area contributed by atoms with Gasteiger partial charge in [0.1, 0.15) is 5.78 Å². The van der Waals surface area contributed by atoms with Crippen LogP contribution in [-0.2, 0) is 4.79 Å². The first-order chi connectivity index (χ1) is 5.66. The fourth-order valence-electron chi connectivity index (χ4n) is 1.57. The average molecular weight is 245 g/mol. The lowest BCUT2D eigenvalue weighted by molar-refractivity contribution is -0.124. The van der Waals surface area contributed by atoms with Gasteiger partial charge in [0.25, 0.3) is 0 Å². The molecule has 0 unspecified atom stereocenters. The second kappa shape index (κ2) is 2.96. The van der Waals surface area contributed by atoms with Crippen LogP contribution in [0.25, 0.3) is 0 Å². The molecule has 0 radical (unpaired) electrons. The number of hydrogen-bond acceptors (Lipinski definition) is 2. The minimum Gasteiger partial charge on any atom is -0.300 e. The van der Waals surface area contributed by atoms with Crippen LogP contribution < -0.4 is 0 Å². The maximum atomic E-state index is 10.8. The third kappa shape index (κ3) is 1.36. The van der Waals surface area contributed by atoms with Crippen LogP contribution in [0.2, 0.25) is 0 Å². The molecule has 2 rings (SSSR count). The van der Waals surface area contributed by atoms with Gasteiger partial charge in [-0.3, -0.25) is 4.79 Å². The Kier molecular flexibility index (Phi) is 2.09. The van der Waals surface area contributed by atoms with E-state index in [0.717, 1.165) is 12.8 Å². The van der Waals surface area contributed by atoms with Gasteiger partial charge in [0.2, 0.25) is 0 Å². The molecule has 1 aliphatic carbocycles. The fraction of sp³-hybridized carbons (Fsp3) is 0.444. The Morgan fingerprint density at radius 2 is 2.25 bits per heavy atom. The van der Waals surface area contributed by atoms with E-state index in [1.165, 1.54) is 14.2 Å². The zero-order valence-corrected chi connectivity index (χ0v) is 9.17. The van der Waals surface area contributed by atoms with Crippen molar-refractivity contribution in [2.45, 2.75) is 25.7 Å². The van der Waals surface area contributed by atoms with Crippen LogP contribution in [-0.4, -0.2) is 5.78 Å². The third-order valence-electron chi connectivity index (χ3n) is 2.31. The summed E-state index contributed by atoms with van der Waals surface area (Å²) in [4.78, 5) is 12.1. The summed E-state index contributed by atoms with van der Waals surface area (Å²) < 4.78 is 1.18. The zero-order valence-electron chi connectivity index (χ0n) is 6.76. The maximum Gasteiger partial charge on any atom is 0.134 e. The van der Waals surface area contributed by atoms with Crippen LogP contribution in [0.4, 0.5) is 0 Å². The van der Waals surface area contributed by atoms with Gasteiger partial charge in [-0.25, -0.2) is 0 Å². The van der Waals surface area contributed by atoms with Gasteiger partial charge in [-0.1, -0.05) is 0 Å². The van der Waals surface area contributed by atoms with Crippen molar-refractivity contribution in [2.24, 2.45) is 0 Å². The van der Waals surface area contributed by atoms with Gasteiger partial charge in [0.05, 0.1) is 3.79 Å². The Hall–Kier alpha value is -0.150. The minimum atomic E-state index is 0.404. The van der Waals surface area contributed by atoms with Gasteiger partial charge in [-0.05, 0) is 40.4 Å². The van der Waals surface area contributed by atoms with Gasteiger partial charge in [0.15, 0.2) is 0 Å². The van der Waals surface area contributed by atoms with Crippen molar-refractivity contribution in [3.63, 3.8) is 0 Å². The van der Waals surface area contributed by atoms with Crippen LogP contribution in [0.15, 0.2) is 9.85 Å². The standard InChI is InChI=1S/C9H9BrOS/c1-5-8(4-9(10)12-5)6-2-7(11)3-6/h4,6H,2-3H2,1H3. The van der Waals surface area contributed by atoms with Crippen molar-refractivity contribution >= 4 is 33.0 Å². The molecule has 0 saturated heterocycles. The molecule has 1 heterocycles. The molecule has 1 aromatic rings. The van der Waals surface area contributed by atoms with Crippen LogP contribution >= 0.6 is 27.3 Å². The molecule has 1 saturated carbocycles. The monoisotopic (exact) mass is 244 g/mol. The van der Waals surface area contributed by atoms with E-state index in [2.05, 4.69) is 28.9 Å². The molecule has 0 aliphatic heterocycles. The summed E-state index contributed by atoms with van der Waals surface area (Å²) in [6, 6.07) is 2.15. The molecule has 1 nitrogen and oxygen atoms in total. The summed E-state index contributed by atoms with van der Waals surface area (Å²) in [5.41, 5.74) is 1.37. The summed E-state index contributed by atoms with van der Waals surface area (Å²) in [6.45, 7) is 2.12. The van der Waals surface area contributed by atoms with E-state index in [4.69, 9.17) is 0 Å². The first-order valence-electron chi connectivity index (χ1n) is 3.94. The van der Waals surface area contributed by atoms with E-state index in [1.54, 1.807) is 11.3 Å². The molecule has 0 bridgehead atoms. The SMILES string of the molecule is Cc1sc(Br)cc1C1CC(=O)C1. The molecule has 0 spiro atoms. The lowest BCUT2D eigenvalue weighted by atomic mass is 9.79. The van der Waals surface area contributed by atoms with E-state index in [-0.39, 0.29) is 0 Å². The van der Waals surface area contributed by atoms with E-state index < -0.39 is 0 Å². The first kappa shape index (κ1) is 8.45. The quantitative estimate of drug-likeness (QED) is 0.742. The van der Waals surface area contributed by atoms with Crippen molar-refractivity contribution in [1.82, 2.24) is 0 Å². The summed E-state index contributed by atoms with van der Waals surface area (Å²) in [6.07, 6.45) is 1.51. The van der Waals surface area contributed by atoms with E-state index in [0.29, 0.717) is 11.7 Å². The second-order valence-electron chi connectivity index (χ2n) is 3.21. The lowest BCUT2D eigenvalue weighted by Crippen LogP contribution is -2.21. The summed E-state index contributed by atoms with van der Waals surface area (Å²) in [7, 11) is 0. The van der Waals surface area contributed by atoms with Crippen molar-refractivity contribution in [3.05, 3.63) is 20.3 Å². The first-order valence-corrected chi connectivity index (χ1v) is 5.55. The minimum absolute atomic E-state index is 0.404. The lowest BCUT2D eigenvalue weighted by Gasteiger charge is -2.23. The molecule has 0 amide bonds. The van der Waals surface area contributed by atoms with E-state index in [1.807, 2.05) is 0 Å².